The highest BCUT2D eigenvalue weighted by molar-refractivity contribution is 9.10. The third-order valence-corrected chi connectivity index (χ3v) is 4.03. The SMILES string of the molecule is CCCC1CC(Nc2cc(Br)cc(C(F)(F)F)c2)CCO1. The Kier molecular flexibility index (Phi) is 5.54. The molecule has 0 amide bonds. The summed E-state index contributed by atoms with van der Waals surface area (Å²) in [6.07, 6.45) is -0.441. The van der Waals surface area contributed by atoms with Crippen LogP contribution in [0.2, 0.25) is 0 Å². The van der Waals surface area contributed by atoms with Crippen molar-refractivity contribution in [1.82, 2.24) is 0 Å². The second-order valence-corrected chi connectivity index (χ2v) is 6.29. The quantitative estimate of drug-likeness (QED) is 0.788. The Hall–Kier alpha value is -0.750. The van der Waals surface area contributed by atoms with E-state index in [4.69, 9.17) is 4.74 Å². The molecule has 2 atom stereocenters. The molecule has 0 saturated carbocycles. The van der Waals surface area contributed by atoms with Crippen LogP contribution < -0.4 is 5.32 Å². The van der Waals surface area contributed by atoms with Gasteiger partial charge in [-0.05, 0) is 37.5 Å². The first kappa shape index (κ1) is 16.6. The number of ether oxygens (including phenoxy) is 1. The number of halogens is 4. The fourth-order valence-corrected chi connectivity index (χ4v) is 3.10. The molecule has 1 aliphatic rings. The van der Waals surface area contributed by atoms with Gasteiger partial charge in [-0.25, -0.2) is 0 Å². The summed E-state index contributed by atoms with van der Waals surface area (Å²) in [5, 5.41) is 3.21. The Morgan fingerprint density at radius 1 is 1.33 bits per heavy atom. The van der Waals surface area contributed by atoms with Crippen molar-refractivity contribution in [3.05, 3.63) is 28.2 Å². The Labute approximate surface area is 131 Å². The minimum Gasteiger partial charge on any atom is -0.382 e. The van der Waals surface area contributed by atoms with Crippen molar-refractivity contribution in [2.45, 2.75) is 50.9 Å². The lowest BCUT2D eigenvalue weighted by atomic mass is 9.99. The first-order valence-corrected chi connectivity index (χ1v) is 7.93. The van der Waals surface area contributed by atoms with Gasteiger partial charge in [0, 0.05) is 22.8 Å². The molecular formula is C15H19BrF3NO. The van der Waals surface area contributed by atoms with Crippen LogP contribution in [0.4, 0.5) is 18.9 Å². The maximum atomic E-state index is 12.8. The van der Waals surface area contributed by atoms with Crippen LogP contribution in [-0.2, 0) is 10.9 Å². The second-order valence-electron chi connectivity index (χ2n) is 5.37. The minimum atomic E-state index is -4.33. The van der Waals surface area contributed by atoms with E-state index in [1.807, 2.05) is 0 Å². The summed E-state index contributed by atoms with van der Waals surface area (Å²) in [6, 6.07) is 4.09. The molecule has 0 aromatic heterocycles. The fraction of sp³-hybridized carbons (Fsp3) is 0.600. The van der Waals surface area contributed by atoms with Crippen molar-refractivity contribution >= 4 is 21.6 Å². The first-order chi connectivity index (χ1) is 9.88. The Morgan fingerprint density at radius 2 is 2.10 bits per heavy atom. The van der Waals surface area contributed by atoms with Crippen LogP contribution in [-0.4, -0.2) is 18.8 Å². The van der Waals surface area contributed by atoms with Crippen LogP contribution in [0.1, 0.15) is 38.2 Å². The van der Waals surface area contributed by atoms with Crippen LogP contribution in [0.5, 0.6) is 0 Å². The zero-order valence-electron chi connectivity index (χ0n) is 11.8. The van der Waals surface area contributed by atoms with E-state index in [0.717, 1.165) is 37.8 Å². The van der Waals surface area contributed by atoms with Crippen LogP contribution in [0, 0.1) is 0 Å². The van der Waals surface area contributed by atoms with E-state index in [2.05, 4.69) is 28.2 Å². The second kappa shape index (κ2) is 7.01. The lowest BCUT2D eigenvalue weighted by Crippen LogP contribution is -2.34. The van der Waals surface area contributed by atoms with Crippen LogP contribution in [0.3, 0.4) is 0 Å². The van der Waals surface area contributed by atoms with Gasteiger partial charge >= 0.3 is 6.18 Å². The number of benzene rings is 1. The monoisotopic (exact) mass is 365 g/mol. The van der Waals surface area contributed by atoms with E-state index in [-0.39, 0.29) is 12.1 Å². The number of rotatable bonds is 4. The summed E-state index contributed by atoms with van der Waals surface area (Å²) in [4.78, 5) is 0. The average molecular weight is 366 g/mol. The van der Waals surface area contributed by atoms with Gasteiger partial charge in [-0.1, -0.05) is 29.3 Å². The summed E-state index contributed by atoms with van der Waals surface area (Å²) in [5.74, 6) is 0. The maximum Gasteiger partial charge on any atom is 0.416 e. The van der Waals surface area contributed by atoms with E-state index in [1.165, 1.54) is 0 Å². The molecule has 2 rings (SSSR count). The lowest BCUT2D eigenvalue weighted by molar-refractivity contribution is -0.137. The standard InChI is InChI=1S/C15H19BrF3NO/c1-2-3-14-9-12(4-5-21-14)20-13-7-10(15(17,18)19)6-11(16)8-13/h6-8,12,14,20H,2-5,9H2,1H3. The highest BCUT2D eigenvalue weighted by Gasteiger charge is 2.31. The number of anilines is 1. The summed E-state index contributed by atoms with van der Waals surface area (Å²) >= 11 is 3.14. The van der Waals surface area contributed by atoms with Gasteiger partial charge in [0.05, 0.1) is 11.7 Å². The Morgan fingerprint density at radius 3 is 2.76 bits per heavy atom. The van der Waals surface area contributed by atoms with Crippen molar-refractivity contribution in [1.29, 1.82) is 0 Å². The lowest BCUT2D eigenvalue weighted by Gasteiger charge is -2.31. The molecule has 1 aromatic carbocycles. The highest BCUT2D eigenvalue weighted by atomic mass is 79.9. The molecule has 1 aliphatic heterocycles. The predicted octanol–water partition coefficient (Wildman–Crippen LogP) is 5.23. The van der Waals surface area contributed by atoms with Crippen LogP contribution in [0.15, 0.2) is 22.7 Å². The number of hydrogen-bond donors (Lipinski definition) is 1. The Bertz CT molecular complexity index is 476. The highest BCUT2D eigenvalue weighted by Crippen LogP contribution is 2.34. The largest absolute Gasteiger partial charge is 0.416 e. The number of hydrogen-bond acceptors (Lipinski definition) is 2. The van der Waals surface area contributed by atoms with E-state index < -0.39 is 11.7 Å². The zero-order chi connectivity index (χ0) is 15.5. The molecule has 118 valence electrons. The molecule has 0 spiro atoms. The Balaban J connectivity index is 2.07. The van der Waals surface area contributed by atoms with Crippen molar-refractivity contribution in [3.63, 3.8) is 0 Å². The number of nitrogens with one attached hydrogen (secondary N) is 1. The molecule has 1 fully saturated rings. The third kappa shape index (κ3) is 4.88. The van der Waals surface area contributed by atoms with E-state index in [0.29, 0.717) is 16.8 Å². The van der Waals surface area contributed by atoms with Crippen molar-refractivity contribution in [2.75, 3.05) is 11.9 Å². The molecule has 1 heterocycles. The van der Waals surface area contributed by atoms with Gasteiger partial charge in [0.2, 0.25) is 0 Å². The van der Waals surface area contributed by atoms with E-state index >= 15 is 0 Å². The van der Waals surface area contributed by atoms with E-state index in [9.17, 15) is 13.2 Å². The summed E-state index contributed by atoms with van der Waals surface area (Å²) < 4.78 is 44.5. The normalized spacial score (nSPS) is 23.1. The molecule has 1 N–H and O–H groups in total. The van der Waals surface area contributed by atoms with Crippen molar-refractivity contribution in [2.24, 2.45) is 0 Å². The summed E-state index contributed by atoms with van der Waals surface area (Å²) in [5.41, 5.74) is -0.143. The molecule has 1 aromatic rings. The van der Waals surface area contributed by atoms with Gasteiger partial charge in [-0.2, -0.15) is 13.2 Å². The van der Waals surface area contributed by atoms with Crippen LogP contribution >= 0.6 is 15.9 Å². The third-order valence-electron chi connectivity index (χ3n) is 3.57. The molecular weight excluding hydrogens is 347 g/mol. The molecule has 21 heavy (non-hydrogen) atoms. The van der Waals surface area contributed by atoms with Crippen LogP contribution in [0.25, 0.3) is 0 Å². The van der Waals surface area contributed by atoms with Gasteiger partial charge in [0.25, 0.3) is 0 Å². The van der Waals surface area contributed by atoms with Gasteiger partial charge in [-0.15, -0.1) is 0 Å². The fourth-order valence-electron chi connectivity index (χ4n) is 2.61. The van der Waals surface area contributed by atoms with Gasteiger partial charge in [-0.3, -0.25) is 0 Å². The van der Waals surface area contributed by atoms with Crippen molar-refractivity contribution in [3.8, 4) is 0 Å². The molecule has 0 bridgehead atoms. The minimum absolute atomic E-state index is 0.158. The summed E-state index contributed by atoms with van der Waals surface area (Å²) in [7, 11) is 0. The molecule has 0 aliphatic carbocycles. The molecule has 2 nitrogen and oxygen atoms in total. The van der Waals surface area contributed by atoms with Crippen molar-refractivity contribution < 1.29 is 17.9 Å². The molecule has 0 radical (unpaired) electrons. The van der Waals surface area contributed by atoms with E-state index in [1.54, 1.807) is 6.07 Å². The van der Waals surface area contributed by atoms with Gasteiger partial charge in [0.1, 0.15) is 0 Å². The smallest absolute Gasteiger partial charge is 0.382 e. The summed E-state index contributed by atoms with van der Waals surface area (Å²) in [6.45, 7) is 2.76. The van der Waals surface area contributed by atoms with Gasteiger partial charge < -0.3 is 10.1 Å². The molecule has 6 heteroatoms. The van der Waals surface area contributed by atoms with Gasteiger partial charge in [0.15, 0.2) is 0 Å². The maximum absolute atomic E-state index is 12.8. The zero-order valence-corrected chi connectivity index (χ0v) is 13.4. The average Bonchev–Trinajstić information content (AvgIpc) is 2.38. The molecule has 2 unspecified atom stereocenters. The predicted molar refractivity (Wildman–Crippen MR) is 80.4 cm³/mol. The number of alkyl halides is 3. The molecule has 1 saturated heterocycles. The topological polar surface area (TPSA) is 21.3 Å². The first-order valence-electron chi connectivity index (χ1n) is 7.14.